The number of hydrogen-bond donors (Lipinski definition) is 1. The number of likely N-dealkylation sites (tertiary alicyclic amines) is 2. The van der Waals surface area contributed by atoms with Gasteiger partial charge in [-0.15, -0.1) is 24.8 Å². The first-order valence-electron chi connectivity index (χ1n) is 7.36. The van der Waals surface area contributed by atoms with Crippen molar-refractivity contribution in [3.8, 4) is 0 Å². The van der Waals surface area contributed by atoms with E-state index >= 15 is 0 Å². The smallest absolute Gasteiger partial charge is 0.226 e. The van der Waals surface area contributed by atoms with Gasteiger partial charge in [-0.3, -0.25) is 4.79 Å². The topological polar surface area (TPSA) is 35.6 Å². The minimum Gasteiger partial charge on any atom is -0.342 e. The maximum atomic E-state index is 12.2. The van der Waals surface area contributed by atoms with Gasteiger partial charge in [-0.05, 0) is 45.3 Å². The second-order valence-corrected chi connectivity index (χ2v) is 5.91. The van der Waals surface area contributed by atoms with Crippen molar-refractivity contribution in [3.63, 3.8) is 0 Å². The molecule has 1 amide bonds. The molecule has 1 N–H and O–H groups in total. The highest BCUT2D eigenvalue weighted by Crippen LogP contribution is 2.21. The number of rotatable bonds is 5. The zero-order valence-corrected chi connectivity index (χ0v) is 14.3. The average molecular weight is 326 g/mol. The number of carbonyl (C=O) groups is 1. The van der Waals surface area contributed by atoms with Crippen LogP contribution in [0.25, 0.3) is 0 Å². The molecule has 2 saturated heterocycles. The average Bonchev–Trinajstić information content (AvgIpc) is 3.00. The molecule has 2 heterocycles. The van der Waals surface area contributed by atoms with Gasteiger partial charge in [-0.1, -0.05) is 6.92 Å². The summed E-state index contributed by atoms with van der Waals surface area (Å²) in [6, 6.07) is 0. The fourth-order valence-electron chi connectivity index (χ4n) is 3.22. The lowest BCUT2D eigenvalue weighted by Gasteiger charge is -2.22. The predicted octanol–water partition coefficient (Wildman–Crippen LogP) is 1.63. The van der Waals surface area contributed by atoms with E-state index in [1.165, 1.54) is 38.9 Å². The van der Waals surface area contributed by atoms with Crippen LogP contribution in [0.5, 0.6) is 0 Å². The van der Waals surface area contributed by atoms with E-state index in [4.69, 9.17) is 0 Å². The Bertz CT molecular complexity index is 286. The Morgan fingerprint density at radius 3 is 2.50 bits per heavy atom. The summed E-state index contributed by atoms with van der Waals surface area (Å²) >= 11 is 0. The third kappa shape index (κ3) is 5.40. The van der Waals surface area contributed by atoms with Crippen molar-refractivity contribution in [1.29, 1.82) is 0 Å². The molecule has 2 aliphatic rings. The van der Waals surface area contributed by atoms with Gasteiger partial charge in [0.2, 0.25) is 5.91 Å². The summed E-state index contributed by atoms with van der Waals surface area (Å²) in [6.45, 7) is 8.47. The highest BCUT2D eigenvalue weighted by atomic mass is 35.5. The zero-order valence-electron chi connectivity index (χ0n) is 12.6. The van der Waals surface area contributed by atoms with Gasteiger partial charge in [-0.2, -0.15) is 0 Å². The Morgan fingerprint density at radius 2 is 1.90 bits per heavy atom. The summed E-state index contributed by atoms with van der Waals surface area (Å²) in [4.78, 5) is 16.8. The molecule has 4 nitrogen and oxygen atoms in total. The van der Waals surface area contributed by atoms with Gasteiger partial charge >= 0.3 is 0 Å². The molecule has 0 aromatic heterocycles. The van der Waals surface area contributed by atoms with Gasteiger partial charge in [0.1, 0.15) is 0 Å². The normalized spacial score (nSPS) is 24.1. The van der Waals surface area contributed by atoms with Crippen molar-refractivity contribution >= 4 is 30.7 Å². The SMILES string of the molecule is CNCC(C)C(=O)N1CCC(CN2CCCC2)C1.Cl.Cl. The number of halogens is 2. The molecular weight excluding hydrogens is 297 g/mol. The summed E-state index contributed by atoms with van der Waals surface area (Å²) in [5.74, 6) is 1.14. The van der Waals surface area contributed by atoms with E-state index < -0.39 is 0 Å². The quantitative estimate of drug-likeness (QED) is 0.834. The zero-order chi connectivity index (χ0) is 13.0. The van der Waals surface area contributed by atoms with E-state index in [0.29, 0.717) is 11.8 Å². The summed E-state index contributed by atoms with van der Waals surface area (Å²) in [6.07, 6.45) is 3.90. The van der Waals surface area contributed by atoms with E-state index in [9.17, 15) is 4.79 Å². The Balaban J connectivity index is 0.00000180. The number of hydrogen-bond acceptors (Lipinski definition) is 3. The van der Waals surface area contributed by atoms with Crippen molar-refractivity contribution in [2.24, 2.45) is 11.8 Å². The number of carbonyl (C=O) groups excluding carboxylic acids is 1. The van der Waals surface area contributed by atoms with E-state index in [0.717, 1.165) is 19.6 Å². The molecule has 0 aromatic rings. The van der Waals surface area contributed by atoms with Crippen molar-refractivity contribution in [1.82, 2.24) is 15.1 Å². The summed E-state index contributed by atoms with van der Waals surface area (Å²) in [5.41, 5.74) is 0. The van der Waals surface area contributed by atoms with Crippen LogP contribution in [-0.2, 0) is 4.79 Å². The highest BCUT2D eigenvalue weighted by Gasteiger charge is 2.30. The Labute approximate surface area is 135 Å². The number of nitrogens with zero attached hydrogens (tertiary/aromatic N) is 2. The van der Waals surface area contributed by atoms with Crippen molar-refractivity contribution < 1.29 is 4.79 Å². The Morgan fingerprint density at radius 1 is 1.25 bits per heavy atom. The van der Waals surface area contributed by atoms with Gasteiger partial charge in [0, 0.05) is 32.1 Å². The lowest BCUT2D eigenvalue weighted by molar-refractivity contribution is -0.133. The van der Waals surface area contributed by atoms with Gasteiger partial charge in [0.25, 0.3) is 0 Å². The van der Waals surface area contributed by atoms with Crippen LogP contribution in [0.15, 0.2) is 0 Å². The van der Waals surface area contributed by atoms with Crippen LogP contribution in [0.1, 0.15) is 26.2 Å². The monoisotopic (exact) mass is 325 g/mol. The van der Waals surface area contributed by atoms with E-state index in [-0.39, 0.29) is 30.7 Å². The van der Waals surface area contributed by atoms with Gasteiger partial charge in [-0.25, -0.2) is 0 Å². The van der Waals surface area contributed by atoms with Gasteiger partial charge in [0.15, 0.2) is 0 Å². The highest BCUT2D eigenvalue weighted by molar-refractivity contribution is 5.85. The van der Waals surface area contributed by atoms with Crippen LogP contribution in [-0.4, -0.2) is 62.0 Å². The fraction of sp³-hybridized carbons (Fsp3) is 0.929. The third-order valence-corrected chi connectivity index (χ3v) is 4.24. The molecule has 0 spiro atoms. The fourth-order valence-corrected chi connectivity index (χ4v) is 3.22. The molecule has 0 bridgehead atoms. The first kappa shape index (κ1) is 20.0. The second-order valence-electron chi connectivity index (χ2n) is 5.91. The first-order valence-corrected chi connectivity index (χ1v) is 7.36. The lowest BCUT2D eigenvalue weighted by atomic mass is 10.1. The van der Waals surface area contributed by atoms with Gasteiger partial charge in [0.05, 0.1) is 0 Å². The molecule has 0 radical (unpaired) electrons. The molecule has 2 fully saturated rings. The van der Waals surface area contributed by atoms with Crippen LogP contribution in [0.3, 0.4) is 0 Å². The Kier molecular flexibility index (Phi) is 9.81. The number of nitrogens with one attached hydrogen (secondary N) is 1. The molecule has 0 aromatic carbocycles. The summed E-state index contributed by atoms with van der Waals surface area (Å²) in [7, 11) is 1.91. The molecule has 2 unspecified atom stereocenters. The van der Waals surface area contributed by atoms with Crippen LogP contribution in [0.2, 0.25) is 0 Å². The van der Waals surface area contributed by atoms with Crippen molar-refractivity contribution in [2.75, 3.05) is 46.3 Å². The maximum Gasteiger partial charge on any atom is 0.226 e. The van der Waals surface area contributed by atoms with Crippen molar-refractivity contribution in [3.05, 3.63) is 0 Å². The molecule has 20 heavy (non-hydrogen) atoms. The number of amides is 1. The largest absolute Gasteiger partial charge is 0.342 e. The molecular formula is C14H29Cl2N3O. The van der Waals surface area contributed by atoms with Crippen LogP contribution >= 0.6 is 24.8 Å². The molecule has 6 heteroatoms. The first-order chi connectivity index (χ1) is 8.70. The predicted molar refractivity (Wildman–Crippen MR) is 87.9 cm³/mol. The lowest BCUT2D eigenvalue weighted by Crippen LogP contribution is -2.38. The minimum absolute atomic E-state index is 0. The molecule has 2 rings (SSSR count). The van der Waals surface area contributed by atoms with E-state index in [1.807, 2.05) is 14.0 Å². The standard InChI is InChI=1S/C14H27N3O.2ClH/c1-12(9-15-2)14(18)17-8-5-13(11-17)10-16-6-3-4-7-16;;/h12-13,15H,3-11H2,1-2H3;2*1H. The summed E-state index contributed by atoms with van der Waals surface area (Å²) < 4.78 is 0. The van der Waals surface area contributed by atoms with Crippen LogP contribution in [0, 0.1) is 11.8 Å². The van der Waals surface area contributed by atoms with E-state index in [2.05, 4.69) is 15.1 Å². The van der Waals surface area contributed by atoms with Crippen molar-refractivity contribution in [2.45, 2.75) is 26.2 Å². The maximum absolute atomic E-state index is 12.2. The molecule has 0 aliphatic carbocycles. The van der Waals surface area contributed by atoms with Gasteiger partial charge < -0.3 is 15.1 Å². The molecule has 2 atom stereocenters. The molecule has 2 aliphatic heterocycles. The van der Waals surface area contributed by atoms with Crippen LogP contribution < -0.4 is 5.32 Å². The van der Waals surface area contributed by atoms with Crippen LogP contribution in [0.4, 0.5) is 0 Å². The molecule has 120 valence electrons. The molecule has 0 saturated carbocycles. The second kappa shape index (κ2) is 9.82. The van der Waals surface area contributed by atoms with E-state index in [1.54, 1.807) is 0 Å². The Hall–Kier alpha value is -0.0300. The third-order valence-electron chi connectivity index (χ3n) is 4.24. The summed E-state index contributed by atoms with van der Waals surface area (Å²) in [5, 5.41) is 3.09. The minimum atomic E-state index is 0.